The highest BCUT2D eigenvalue weighted by atomic mass is 16.3. The lowest BCUT2D eigenvalue weighted by Crippen LogP contribution is -2.05. The maximum atomic E-state index is 12.6. The molecule has 0 N–H and O–H groups in total. The van der Waals surface area contributed by atoms with E-state index >= 15 is 0 Å². The first-order chi connectivity index (χ1) is 9.09. The first kappa shape index (κ1) is 12.2. The summed E-state index contributed by atoms with van der Waals surface area (Å²) >= 11 is 0. The molecule has 2 unspecified atom stereocenters. The number of carbonyl (C=O) groups is 1. The second kappa shape index (κ2) is 4.37. The molecule has 1 saturated carbocycles. The molecule has 1 fully saturated rings. The Hall–Kier alpha value is -1.83. The molecule has 0 bridgehead atoms. The van der Waals surface area contributed by atoms with Gasteiger partial charge in [-0.2, -0.15) is 0 Å². The first-order valence-corrected chi connectivity index (χ1v) is 6.75. The van der Waals surface area contributed by atoms with Gasteiger partial charge >= 0.3 is 0 Å². The van der Waals surface area contributed by atoms with Crippen LogP contribution in [-0.2, 0) is 0 Å². The smallest absolute Gasteiger partial charge is 0.170 e. The first-order valence-electron chi connectivity index (χ1n) is 6.75. The van der Waals surface area contributed by atoms with E-state index in [0.717, 1.165) is 29.1 Å². The number of furan rings is 1. The van der Waals surface area contributed by atoms with Crippen molar-refractivity contribution in [2.24, 2.45) is 5.92 Å². The van der Waals surface area contributed by atoms with Gasteiger partial charge in [-0.1, -0.05) is 30.3 Å². The molecule has 0 saturated heterocycles. The highest BCUT2D eigenvalue weighted by Gasteiger charge is 2.45. The van der Waals surface area contributed by atoms with E-state index in [4.69, 9.17) is 4.42 Å². The van der Waals surface area contributed by atoms with Crippen molar-refractivity contribution in [3.63, 3.8) is 0 Å². The zero-order chi connectivity index (χ0) is 13.6. The minimum absolute atomic E-state index is 0.136. The molecule has 3 rings (SSSR count). The molecule has 0 spiro atoms. The number of ketones is 1. The fraction of sp³-hybridized carbons (Fsp3) is 0.353. The average Bonchev–Trinajstić information content (AvgIpc) is 3.15. The summed E-state index contributed by atoms with van der Waals surface area (Å²) in [5.41, 5.74) is 3.08. The SMILES string of the molecule is Cc1oc(C)c(C(=O)C2CC2c2ccccc2)c1C. The molecular weight excluding hydrogens is 236 g/mol. The third-order valence-electron chi connectivity index (χ3n) is 4.16. The second-order valence-electron chi connectivity index (χ2n) is 5.44. The predicted octanol–water partition coefficient (Wildman–Crippen LogP) is 4.19. The van der Waals surface area contributed by atoms with Gasteiger partial charge in [0.1, 0.15) is 11.5 Å². The van der Waals surface area contributed by atoms with Gasteiger partial charge in [-0.05, 0) is 38.7 Å². The summed E-state index contributed by atoms with van der Waals surface area (Å²) < 4.78 is 5.56. The molecule has 1 aromatic carbocycles. The van der Waals surface area contributed by atoms with Crippen molar-refractivity contribution in [2.45, 2.75) is 33.1 Å². The molecule has 1 aromatic heterocycles. The third-order valence-corrected chi connectivity index (χ3v) is 4.16. The molecule has 19 heavy (non-hydrogen) atoms. The van der Waals surface area contributed by atoms with Crippen LogP contribution in [0.3, 0.4) is 0 Å². The van der Waals surface area contributed by atoms with E-state index in [2.05, 4.69) is 12.1 Å². The van der Waals surface area contributed by atoms with Crippen LogP contribution in [-0.4, -0.2) is 5.78 Å². The summed E-state index contributed by atoms with van der Waals surface area (Å²) in [6, 6.07) is 10.3. The number of aryl methyl sites for hydroxylation is 2. The number of Topliss-reactive ketones (excluding diaryl/α,β-unsaturated/α-hetero) is 1. The Labute approximate surface area is 113 Å². The summed E-state index contributed by atoms with van der Waals surface area (Å²) in [7, 11) is 0. The van der Waals surface area contributed by atoms with Gasteiger partial charge < -0.3 is 4.42 Å². The van der Waals surface area contributed by atoms with Gasteiger partial charge in [0, 0.05) is 11.5 Å². The highest BCUT2D eigenvalue weighted by Crippen LogP contribution is 2.49. The molecule has 0 radical (unpaired) electrons. The minimum Gasteiger partial charge on any atom is -0.466 e. The lowest BCUT2D eigenvalue weighted by Gasteiger charge is -2.01. The van der Waals surface area contributed by atoms with E-state index in [1.165, 1.54) is 5.56 Å². The summed E-state index contributed by atoms with van der Waals surface area (Å²) in [4.78, 5) is 12.6. The van der Waals surface area contributed by atoms with Crippen LogP contribution in [0, 0.1) is 26.7 Å². The van der Waals surface area contributed by atoms with Crippen LogP contribution in [0.15, 0.2) is 34.7 Å². The summed E-state index contributed by atoms with van der Waals surface area (Å²) in [5.74, 6) is 2.40. The van der Waals surface area contributed by atoms with Gasteiger partial charge in [0.2, 0.25) is 0 Å². The molecule has 1 heterocycles. The third kappa shape index (κ3) is 2.01. The van der Waals surface area contributed by atoms with E-state index < -0.39 is 0 Å². The van der Waals surface area contributed by atoms with E-state index in [-0.39, 0.29) is 11.7 Å². The average molecular weight is 254 g/mol. The van der Waals surface area contributed by atoms with Crippen molar-refractivity contribution in [1.82, 2.24) is 0 Å². The maximum Gasteiger partial charge on any atom is 0.170 e. The van der Waals surface area contributed by atoms with Crippen LogP contribution < -0.4 is 0 Å². The Bertz CT molecular complexity index is 622. The van der Waals surface area contributed by atoms with E-state index in [1.807, 2.05) is 39.0 Å². The molecule has 2 atom stereocenters. The van der Waals surface area contributed by atoms with Crippen molar-refractivity contribution in [3.05, 3.63) is 58.5 Å². The van der Waals surface area contributed by atoms with Gasteiger partial charge in [0.15, 0.2) is 5.78 Å². The molecule has 1 aliphatic rings. The van der Waals surface area contributed by atoms with E-state index in [9.17, 15) is 4.79 Å². The lowest BCUT2D eigenvalue weighted by atomic mass is 10.00. The van der Waals surface area contributed by atoms with E-state index in [0.29, 0.717) is 5.92 Å². The molecule has 1 aliphatic carbocycles. The Morgan fingerprint density at radius 1 is 1.11 bits per heavy atom. The quantitative estimate of drug-likeness (QED) is 0.769. The Kier molecular flexibility index (Phi) is 2.81. The number of benzene rings is 1. The zero-order valence-electron chi connectivity index (χ0n) is 11.6. The van der Waals surface area contributed by atoms with Gasteiger partial charge in [-0.15, -0.1) is 0 Å². The Morgan fingerprint density at radius 2 is 1.79 bits per heavy atom. The summed E-state index contributed by atoms with van der Waals surface area (Å²) in [6.45, 7) is 5.77. The zero-order valence-corrected chi connectivity index (χ0v) is 11.6. The van der Waals surface area contributed by atoms with Crippen molar-refractivity contribution in [3.8, 4) is 0 Å². The second-order valence-corrected chi connectivity index (χ2v) is 5.44. The van der Waals surface area contributed by atoms with Crippen molar-refractivity contribution >= 4 is 5.78 Å². The topological polar surface area (TPSA) is 30.2 Å². The van der Waals surface area contributed by atoms with Gasteiger partial charge in [-0.3, -0.25) is 4.79 Å². The number of hydrogen-bond donors (Lipinski definition) is 0. The summed E-state index contributed by atoms with van der Waals surface area (Å²) in [6.07, 6.45) is 0.964. The van der Waals surface area contributed by atoms with Gasteiger partial charge in [-0.25, -0.2) is 0 Å². The predicted molar refractivity (Wildman–Crippen MR) is 74.5 cm³/mol. The van der Waals surface area contributed by atoms with Crippen LogP contribution in [0.1, 0.15) is 45.3 Å². The molecule has 2 heteroatoms. The molecule has 2 nitrogen and oxygen atoms in total. The Morgan fingerprint density at radius 3 is 2.37 bits per heavy atom. The van der Waals surface area contributed by atoms with Crippen LogP contribution >= 0.6 is 0 Å². The van der Waals surface area contributed by atoms with E-state index in [1.54, 1.807) is 0 Å². The maximum absolute atomic E-state index is 12.6. The number of hydrogen-bond acceptors (Lipinski definition) is 2. The van der Waals surface area contributed by atoms with Gasteiger partial charge in [0.25, 0.3) is 0 Å². The fourth-order valence-electron chi connectivity index (χ4n) is 2.89. The van der Waals surface area contributed by atoms with Crippen molar-refractivity contribution in [1.29, 1.82) is 0 Å². The molecular formula is C17H18O2. The van der Waals surface area contributed by atoms with Crippen LogP contribution in [0.4, 0.5) is 0 Å². The van der Waals surface area contributed by atoms with Crippen LogP contribution in [0.5, 0.6) is 0 Å². The van der Waals surface area contributed by atoms with Crippen LogP contribution in [0.2, 0.25) is 0 Å². The molecule has 0 amide bonds. The fourth-order valence-corrected chi connectivity index (χ4v) is 2.89. The molecule has 0 aliphatic heterocycles. The highest BCUT2D eigenvalue weighted by molar-refractivity contribution is 6.02. The van der Waals surface area contributed by atoms with Crippen molar-refractivity contribution in [2.75, 3.05) is 0 Å². The number of carbonyl (C=O) groups excluding carboxylic acids is 1. The minimum atomic E-state index is 0.136. The van der Waals surface area contributed by atoms with Crippen LogP contribution in [0.25, 0.3) is 0 Å². The van der Waals surface area contributed by atoms with Gasteiger partial charge in [0.05, 0.1) is 5.56 Å². The van der Waals surface area contributed by atoms with Crippen molar-refractivity contribution < 1.29 is 9.21 Å². The standard InChI is InChI=1S/C17H18O2/c1-10-11(2)19-12(3)16(10)17(18)15-9-14(15)13-7-5-4-6-8-13/h4-8,14-15H,9H2,1-3H3. The molecule has 2 aromatic rings. The lowest BCUT2D eigenvalue weighted by molar-refractivity contribution is 0.0963. The number of rotatable bonds is 3. The normalized spacial score (nSPS) is 21.4. The molecule has 98 valence electrons. The largest absolute Gasteiger partial charge is 0.466 e. The monoisotopic (exact) mass is 254 g/mol. The summed E-state index contributed by atoms with van der Waals surface area (Å²) in [5, 5.41) is 0. The Balaban J connectivity index is 1.84.